The molecule has 0 unspecified atom stereocenters. The highest BCUT2D eigenvalue weighted by molar-refractivity contribution is 6.64. The molecule has 0 spiro atoms. The van der Waals surface area contributed by atoms with Crippen molar-refractivity contribution in [2.24, 2.45) is 0 Å². The molecule has 2 nitrogen and oxygen atoms in total. The van der Waals surface area contributed by atoms with Crippen LogP contribution in [0.3, 0.4) is 0 Å². The Balaban J connectivity index is 2.83. The normalized spacial score (nSPS) is 8.33. The lowest BCUT2D eigenvalue weighted by Crippen LogP contribution is -1.87. The Morgan fingerprint density at radius 2 is 2.33 bits per heavy atom. The predicted molar refractivity (Wildman–Crippen MR) is 25.3 cm³/mol. The second kappa shape index (κ2) is 3.12. The number of aliphatic hydroxyl groups excluding tert-OH is 1. The summed E-state index contributed by atoms with van der Waals surface area (Å²) in [6.07, 6.45) is 0.279. The topological polar surface area (TPSA) is 44.1 Å². The Morgan fingerprint density at radius 1 is 1.83 bits per heavy atom. The molecular formula is C3H6ClNO. The van der Waals surface area contributed by atoms with E-state index >= 15 is 0 Å². The van der Waals surface area contributed by atoms with Gasteiger partial charge in [-0.1, -0.05) is 11.6 Å². The molecule has 0 aliphatic carbocycles. The van der Waals surface area contributed by atoms with Crippen molar-refractivity contribution in [2.75, 3.05) is 6.61 Å². The van der Waals surface area contributed by atoms with Gasteiger partial charge in [0.2, 0.25) is 0 Å². The first-order chi connectivity index (χ1) is 2.77. The highest BCUT2D eigenvalue weighted by Crippen LogP contribution is 1.84. The molecular weight excluding hydrogens is 101 g/mol. The zero-order chi connectivity index (χ0) is 4.99. The first-order valence-corrected chi connectivity index (χ1v) is 1.99. The summed E-state index contributed by atoms with van der Waals surface area (Å²) in [5.41, 5.74) is 0. The minimum atomic E-state index is -0.0255. The fraction of sp³-hybridized carbons (Fsp3) is 0.667. The molecule has 3 heteroatoms. The molecule has 0 fully saturated rings. The number of aliphatic hydroxyl groups is 1. The third-order valence-electron chi connectivity index (χ3n) is 0.331. The second-order valence-electron chi connectivity index (χ2n) is 0.879. The standard InChI is InChI=1S/C3H6ClNO/c4-3(5)1-2-6/h5-6H,1-2H2. The summed E-state index contributed by atoms with van der Waals surface area (Å²) in [5, 5.41) is 14.5. The fourth-order valence-corrected chi connectivity index (χ4v) is 0.183. The van der Waals surface area contributed by atoms with Crippen LogP contribution in [-0.4, -0.2) is 16.9 Å². The molecule has 0 saturated heterocycles. The van der Waals surface area contributed by atoms with Crippen LogP contribution in [-0.2, 0) is 0 Å². The largest absolute Gasteiger partial charge is 0.396 e. The Bertz CT molecular complexity index is 54.8. The van der Waals surface area contributed by atoms with Gasteiger partial charge >= 0.3 is 0 Å². The van der Waals surface area contributed by atoms with Crippen LogP contribution < -0.4 is 0 Å². The van der Waals surface area contributed by atoms with Gasteiger partial charge in [-0.25, -0.2) is 0 Å². The van der Waals surface area contributed by atoms with Crippen molar-refractivity contribution in [1.29, 1.82) is 5.41 Å². The maximum Gasteiger partial charge on any atom is 0.0991 e. The number of halogens is 1. The summed E-state index contributed by atoms with van der Waals surface area (Å²) < 4.78 is 0. The monoisotopic (exact) mass is 107 g/mol. The second-order valence-corrected chi connectivity index (χ2v) is 1.33. The van der Waals surface area contributed by atoms with Crippen LogP contribution >= 0.6 is 11.6 Å². The highest BCUT2D eigenvalue weighted by Gasteiger charge is 1.82. The van der Waals surface area contributed by atoms with Gasteiger partial charge in [0.1, 0.15) is 0 Å². The average Bonchev–Trinajstić information content (AvgIpc) is 1.35. The lowest BCUT2D eigenvalue weighted by molar-refractivity contribution is 0.307. The van der Waals surface area contributed by atoms with Gasteiger partial charge in [-0.05, 0) is 0 Å². The van der Waals surface area contributed by atoms with Gasteiger partial charge < -0.3 is 5.11 Å². The average molecular weight is 108 g/mol. The molecule has 0 heterocycles. The van der Waals surface area contributed by atoms with E-state index in [1.807, 2.05) is 0 Å². The van der Waals surface area contributed by atoms with E-state index in [9.17, 15) is 0 Å². The third kappa shape index (κ3) is 3.92. The van der Waals surface area contributed by atoms with Crippen LogP contribution in [0, 0.1) is 5.41 Å². The minimum Gasteiger partial charge on any atom is -0.396 e. The maximum absolute atomic E-state index is 8.01. The van der Waals surface area contributed by atoms with Gasteiger partial charge in [0.25, 0.3) is 0 Å². The number of hydrogen-bond acceptors (Lipinski definition) is 2. The minimum absolute atomic E-state index is 0.0116. The van der Waals surface area contributed by atoms with Crippen LogP contribution in [0.1, 0.15) is 6.42 Å². The Hall–Kier alpha value is -0.0800. The zero-order valence-corrected chi connectivity index (χ0v) is 4.00. The molecule has 0 aliphatic heterocycles. The summed E-state index contributed by atoms with van der Waals surface area (Å²) in [6.45, 7) is -0.0255. The van der Waals surface area contributed by atoms with Crippen molar-refractivity contribution < 1.29 is 5.11 Å². The summed E-state index contributed by atoms with van der Waals surface area (Å²) in [7, 11) is 0. The quantitative estimate of drug-likeness (QED) is 0.499. The highest BCUT2D eigenvalue weighted by atomic mass is 35.5. The van der Waals surface area contributed by atoms with E-state index in [0.717, 1.165) is 0 Å². The molecule has 36 valence electrons. The molecule has 0 saturated carbocycles. The number of hydrogen-bond donors (Lipinski definition) is 2. The van der Waals surface area contributed by atoms with Crippen LogP contribution in [0.2, 0.25) is 0 Å². The first kappa shape index (κ1) is 5.92. The SMILES string of the molecule is N=C(Cl)CCO. The summed E-state index contributed by atoms with van der Waals surface area (Å²) in [5.74, 6) is 0. The molecule has 6 heavy (non-hydrogen) atoms. The maximum atomic E-state index is 8.01. The van der Waals surface area contributed by atoms with Crippen molar-refractivity contribution in [1.82, 2.24) is 0 Å². The molecule has 0 aliphatic rings. The van der Waals surface area contributed by atoms with Gasteiger partial charge in [0, 0.05) is 13.0 Å². The molecule has 0 atom stereocenters. The Morgan fingerprint density at radius 3 is 2.33 bits per heavy atom. The molecule has 0 aromatic heterocycles. The Labute approximate surface area is 41.3 Å². The van der Waals surface area contributed by atoms with Crippen LogP contribution in [0.25, 0.3) is 0 Å². The molecule has 0 bridgehead atoms. The van der Waals surface area contributed by atoms with Crippen molar-refractivity contribution in [3.05, 3.63) is 0 Å². The molecule has 0 rings (SSSR count). The van der Waals surface area contributed by atoms with Crippen molar-refractivity contribution in [3.63, 3.8) is 0 Å². The van der Waals surface area contributed by atoms with E-state index in [4.69, 9.17) is 22.1 Å². The molecule has 0 aromatic rings. The van der Waals surface area contributed by atoms with E-state index < -0.39 is 0 Å². The molecule has 2 N–H and O–H groups in total. The van der Waals surface area contributed by atoms with Gasteiger partial charge in [-0.2, -0.15) is 0 Å². The fourth-order valence-electron chi connectivity index (χ4n) is 0.0982. The predicted octanol–water partition coefficient (Wildman–Crippen LogP) is 0.585. The van der Waals surface area contributed by atoms with Crippen LogP contribution in [0.5, 0.6) is 0 Å². The van der Waals surface area contributed by atoms with E-state index in [1.54, 1.807) is 0 Å². The van der Waals surface area contributed by atoms with E-state index in [0.29, 0.717) is 0 Å². The number of rotatable bonds is 2. The van der Waals surface area contributed by atoms with Gasteiger partial charge in [-0.15, -0.1) is 0 Å². The van der Waals surface area contributed by atoms with Gasteiger partial charge in [0.05, 0.1) is 5.17 Å². The molecule has 0 radical (unpaired) electrons. The lowest BCUT2D eigenvalue weighted by atomic mass is 10.5. The number of nitrogens with one attached hydrogen (secondary N) is 1. The van der Waals surface area contributed by atoms with Crippen LogP contribution in [0.4, 0.5) is 0 Å². The Kier molecular flexibility index (Phi) is 3.08. The third-order valence-corrected chi connectivity index (χ3v) is 0.520. The van der Waals surface area contributed by atoms with E-state index in [2.05, 4.69) is 0 Å². The summed E-state index contributed by atoms with van der Waals surface area (Å²) in [6, 6.07) is 0. The smallest absolute Gasteiger partial charge is 0.0991 e. The summed E-state index contributed by atoms with van der Waals surface area (Å²) in [4.78, 5) is 0. The van der Waals surface area contributed by atoms with Gasteiger partial charge in [0.15, 0.2) is 0 Å². The van der Waals surface area contributed by atoms with Crippen LogP contribution in [0.15, 0.2) is 0 Å². The molecule has 0 aromatic carbocycles. The summed E-state index contributed by atoms with van der Waals surface area (Å²) >= 11 is 5.00. The zero-order valence-electron chi connectivity index (χ0n) is 3.24. The molecule has 0 amide bonds. The van der Waals surface area contributed by atoms with Gasteiger partial charge in [-0.3, -0.25) is 5.41 Å². The van der Waals surface area contributed by atoms with Crippen molar-refractivity contribution >= 4 is 16.8 Å². The van der Waals surface area contributed by atoms with E-state index in [1.165, 1.54) is 0 Å². The van der Waals surface area contributed by atoms with Crippen molar-refractivity contribution in [2.45, 2.75) is 6.42 Å². The first-order valence-electron chi connectivity index (χ1n) is 1.61. The van der Waals surface area contributed by atoms with Crippen molar-refractivity contribution in [3.8, 4) is 0 Å². The van der Waals surface area contributed by atoms with E-state index in [-0.39, 0.29) is 18.2 Å². The lowest BCUT2D eigenvalue weighted by Gasteiger charge is -1.82.